The van der Waals surface area contributed by atoms with E-state index in [1.54, 1.807) is 0 Å². The molecule has 2 N–H and O–H groups in total. The Morgan fingerprint density at radius 1 is 1.22 bits per heavy atom. The Morgan fingerprint density at radius 3 is 2.61 bits per heavy atom. The fourth-order valence-electron chi connectivity index (χ4n) is 1.50. The smallest absolute Gasteiger partial charge is 0.356 e. The number of aromatic amines is 1. The molecule has 0 unspecified atom stereocenters. The third-order valence-electron chi connectivity index (χ3n) is 2.35. The summed E-state index contributed by atoms with van der Waals surface area (Å²) >= 11 is 0. The van der Waals surface area contributed by atoms with Gasteiger partial charge in [0.1, 0.15) is 6.61 Å². The normalized spacial score (nSPS) is 10.0. The lowest BCUT2D eigenvalue weighted by Crippen LogP contribution is -2.14. The van der Waals surface area contributed by atoms with Crippen molar-refractivity contribution in [2.75, 3.05) is 0 Å². The number of carbonyl (C=O) groups is 1. The maximum Gasteiger partial charge on any atom is 0.356 e. The van der Waals surface area contributed by atoms with Crippen molar-refractivity contribution in [1.82, 2.24) is 4.98 Å². The molecule has 0 aliphatic carbocycles. The molecule has 18 heavy (non-hydrogen) atoms. The van der Waals surface area contributed by atoms with Crippen LogP contribution in [0.2, 0.25) is 0 Å². The summed E-state index contributed by atoms with van der Waals surface area (Å²) in [6.07, 6.45) is 1.28. The minimum absolute atomic E-state index is 0.147. The molecule has 5 heteroatoms. The second-order valence-electron chi connectivity index (χ2n) is 3.63. The molecule has 0 fully saturated rings. The van der Waals surface area contributed by atoms with Gasteiger partial charge in [0.05, 0.1) is 0 Å². The van der Waals surface area contributed by atoms with Gasteiger partial charge in [-0.25, -0.2) is 4.79 Å². The van der Waals surface area contributed by atoms with E-state index >= 15 is 0 Å². The number of carboxylic acids is 1. The van der Waals surface area contributed by atoms with Crippen LogP contribution < -0.4 is 10.2 Å². The Kier molecular flexibility index (Phi) is 3.43. The van der Waals surface area contributed by atoms with E-state index in [1.807, 2.05) is 30.3 Å². The molecule has 0 saturated heterocycles. The lowest BCUT2D eigenvalue weighted by molar-refractivity contribution is 0.0684. The minimum Gasteiger partial charge on any atom is -0.482 e. The first-order valence-corrected chi connectivity index (χ1v) is 5.30. The first kappa shape index (κ1) is 11.9. The highest BCUT2D eigenvalue weighted by Crippen LogP contribution is 2.12. The van der Waals surface area contributed by atoms with Gasteiger partial charge in [-0.3, -0.25) is 4.79 Å². The topological polar surface area (TPSA) is 79.4 Å². The average Bonchev–Trinajstić information content (AvgIpc) is 2.38. The van der Waals surface area contributed by atoms with Gasteiger partial charge in [0, 0.05) is 12.3 Å². The van der Waals surface area contributed by atoms with Crippen molar-refractivity contribution in [3.05, 3.63) is 64.1 Å². The number of carboxylic acid groups (broad SMARTS) is 1. The van der Waals surface area contributed by atoms with Crippen molar-refractivity contribution >= 4 is 5.97 Å². The van der Waals surface area contributed by atoms with Crippen molar-refractivity contribution in [3.8, 4) is 5.75 Å². The molecule has 1 aromatic heterocycles. The summed E-state index contributed by atoms with van der Waals surface area (Å²) in [7, 11) is 0. The molecule has 0 bridgehead atoms. The first-order valence-electron chi connectivity index (χ1n) is 5.30. The highest BCUT2D eigenvalue weighted by atomic mass is 16.5. The van der Waals surface area contributed by atoms with E-state index in [9.17, 15) is 9.59 Å². The van der Waals surface area contributed by atoms with Crippen LogP contribution in [-0.2, 0) is 6.61 Å². The standard InChI is InChI=1S/C13H11NO4/c15-10-6-7-14-11(13(16)17)12(10)18-8-9-4-2-1-3-5-9/h1-7H,8H2,(H,14,15)(H,16,17). The average molecular weight is 245 g/mol. The van der Waals surface area contributed by atoms with Gasteiger partial charge in [0.25, 0.3) is 0 Å². The van der Waals surface area contributed by atoms with Gasteiger partial charge in [-0.2, -0.15) is 0 Å². The molecule has 5 nitrogen and oxygen atoms in total. The molecule has 1 heterocycles. The maximum atomic E-state index is 11.6. The Balaban J connectivity index is 2.24. The second-order valence-corrected chi connectivity index (χ2v) is 3.63. The van der Waals surface area contributed by atoms with E-state index < -0.39 is 11.4 Å². The predicted octanol–water partition coefficient (Wildman–Crippen LogP) is 1.65. The third-order valence-corrected chi connectivity index (χ3v) is 2.35. The van der Waals surface area contributed by atoms with Crippen LogP contribution >= 0.6 is 0 Å². The highest BCUT2D eigenvalue weighted by molar-refractivity contribution is 5.88. The van der Waals surface area contributed by atoms with E-state index in [-0.39, 0.29) is 18.1 Å². The monoisotopic (exact) mass is 245 g/mol. The van der Waals surface area contributed by atoms with E-state index in [1.165, 1.54) is 12.3 Å². The molecule has 0 aliphatic heterocycles. The number of hydrogen-bond acceptors (Lipinski definition) is 3. The van der Waals surface area contributed by atoms with Gasteiger partial charge in [0.15, 0.2) is 11.4 Å². The molecule has 92 valence electrons. The van der Waals surface area contributed by atoms with Crippen LogP contribution in [0.15, 0.2) is 47.4 Å². The zero-order valence-electron chi connectivity index (χ0n) is 9.42. The van der Waals surface area contributed by atoms with E-state index in [0.717, 1.165) is 5.56 Å². The van der Waals surface area contributed by atoms with E-state index in [2.05, 4.69) is 4.98 Å². The van der Waals surface area contributed by atoms with Crippen LogP contribution in [0, 0.1) is 0 Å². The Labute approximate surface area is 103 Å². The molecule has 1 aromatic carbocycles. The highest BCUT2D eigenvalue weighted by Gasteiger charge is 2.14. The van der Waals surface area contributed by atoms with Crippen molar-refractivity contribution in [2.24, 2.45) is 0 Å². The molecule has 0 radical (unpaired) electrons. The summed E-state index contributed by atoms with van der Waals surface area (Å²) in [6.45, 7) is 0.147. The van der Waals surface area contributed by atoms with Gasteiger partial charge in [-0.15, -0.1) is 0 Å². The number of hydrogen-bond donors (Lipinski definition) is 2. The van der Waals surface area contributed by atoms with E-state index in [4.69, 9.17) is 9.84 Å². The lowest BCUT2D eigenvalue weighted by atomic mass is 10.2. The van der Waals surface area contributed by atoms with Gasteiger partial charge >= 0.3 is 5.97 Å². The number of ether oxygens (including phenoxy) is 1. The summed E-state index contributed by atoms with van der Waals surface area (Å²) in [6, 6.07) is 10.4. The summed E-state index contributed by atoms with van der Waals surface area (Å²) in [5.74, 6) is -1.40. The predicted molar refractivity (Wildman–Crippen MR) is 64.8 cm³/mol. The zero-order valence-corrected chi connectivity index (χ0v) is 9.42. The van der Waals surface area contributed by atoms with E-state index in [0.29, 0.717) is 0 Å². The molecule has 0 amide bonds. The lowest BCUT2D eigenvalue weighted by Gasteiger charge is -2.07. The number of H-pyrrole nitrogens is 1. The molecule has 2 rings (SSSR count). The van der Waals surface area contributed by atoms with Crippen LogP contribution in [0.5, 0.6) is 5.75 Å². The summed E-state index contributed by atoms with van der Waals surface area (Å²) in [5, 5.41) is 8.94. The quantitative estimate of drug-likeness (QED) is 0.858. The van der Waals surface area contributed by atoms with Crippen LogP contribution in [0.1, 0.15) is 16.1 Å². The molecule has 0 aliphatic rings. The first-order chi connectivity index (χ1) is 8.68. The number of rotatable bonds is 4. The third kappa shape index (κ3) is 2.57. The second kappa shape index (κ2) is 5.18. The molecular weight excluding hydrogens is 234 g/mol. The SMILES string of the molecule is O=C(O)c1[nH]ccc(=O)c1OCc1ccccc1. The largest absolute Gasteiger partial charge is 0.482 e. The summed E-state index contributed by atoms with van der Waals surface area (Å²) in [4.78, 5) is 25.0. The summed E-state index contributed by atoms with van der Waals surface area (Å²) in [5.41, 5.74) is 0.164. The molecule has 0 spiro atoms. The zero-order chi connectivity index (χ0) is 13.0. The molecule has 0 atom stereocenters. The van der Waals surface area contributed by atoms with Crippen LogP contribution in [-0.4, -0.2) is 16.1 Å². The molecule has 2 aromatic rings. The molecular formula is C13H11NO4. The molecule has 0 saturated carbocycles. The van der Waals surface area contributed by atoms with Gasteiger partial charge in [0.2, 0.25) is 5.43 Å². The fourth-order valence-corrected chi connectivity index (χ4v) is 1.50. The number of aromatic carboxylic acids is 1. The maximum absolute atomic E-state index is 11.6. The Bertz CT molecular complexity index is 604. The fraction of sp³-hybridized carbons (Fsp3) is 0.0769. The van der Waals surface area contributed by atoms with Gasteiger partial charge in [-0.1, -0.05) is 30.3 Å². The number of aromatic nitrogens is 1. The van der Waals surface area contributed by atoms with Crippen molar-refractivity contribution < 1.29 is 14.6 Å². The van der Waals surface area contributed by atoms with Gasteiger partial charge < -0.3 is 14.8 Å². The summed E-state index contributed by atoms with van der Waals surface area (Å²) < 4.78 is 5.29. The number of nitrogens with one attached hydrogen (secondary N) is 1. The van der Waals surface area contributed by atoms with Crippen LogP contribution in [0.25, 0.3) is 0 Å². The van der Waals surface area contributed by atoms with Crippen LogP contribution in [0.3, 0.4) is 0 Å². The van der Waals surface area contributed by atoms with Crippen molar-refractivity contribution in [1.29, 1.82) is 0 Å². The Hall–Kier alpha value is -2.56. The number of pyridine rings is 1. The minimum atomic E-state index is -1.23. The van der Waals surface area contributed by atoms with Crippen LogP contribution in [0.4, 0.5) is 0 Å². The van der Waals surface area contributed by atoms with Crippen molar-refractivity contribution in [2.45, 2.75) is 6.61 Å². The Morgan fingerprint density at radius 2 is 1.94 bits per heavy atom. The van der Waals surface area contributed by atoms with Gasteiger partial charge in [-0.05, 0) is 5.56 Å². The number of benzene rings is 1. The van der Waals surface area contributed by atoms with Crippen molar-refractivity contribution in [3.63, 3.8) is 0 Å².